The molecule has 0 aliphatic heterocycles. The second-order valence-corrected chi connectivity index (χ2v) is 3.61. The molecule has 0 unspecified atom stereocenters. The lowest BCUT2D eigenvalue weighted by Gasteiger charge is -1.99. The number of hydrogen-bond donors (Lipinski definition) is 2. The average molecular weight is 328 g/mol. The van der Waals surface area contributed by atoms with Gasteiger partial charge in [0.25, 0.3) is 5.69 Å². The van der Waals surface area contributed by atoms with Gasteiger partial charge in [0.15, 0.2) is 0 Å². The van der Waals surface area contributed by atoms with Crippen LogP contribution in [0.5, 0.6) is 0 Å². The van der Waals surface area contributed by atoms with Gasteiger partial charge < -0.3 is 5.73 Å². The van der Waals surface area contributed by atoms with Crippen molar-refractivity contribution in [2.75, 3.05) is 0 Å². The summed E-state index contributed by atoms with van der Waals surface area (Å²) in [5.41, 5.74) is 5.54. The topological polar surface area (TPSA) is 93.0 Å². The normalized spacial score (nSPS) is 8.93. The fraction of sp³-hybridized carbons (Fsp3) is 0. The fourth-order valence-corrected chi connectivity index (χ4v) is 1.49. The van der Waals surface area contributed by atoms with Gasteiger partial charge in [0, 0.05) is 21.3 Å². The molecule has 1 aromatic rings. The minimum atomic E-state index is -0.505. The van der Waals surface area contributed by atoms with Crippen molar-refractivity contribution >= 4 is 46.5 Å². The second kappa shape index (κ2) is 5.11. The van der Waals surface area contributed by atoms with Gasteiger partial charge in [-0.1, -0.05) is 0 Å². The monoisotopic (exact) mass is 327 g/mol. The summed E-state index contributed by atoms with van der Waals surface area (Å²) in [5.74, 6) is -0.165. The molecule has 1 aromatic carbocycles. The Hall–Kier alpha value is -0.890. The Labute approximate surface area is 99.9 Å². The van der Waals surface area contributed by atoms with Crippen LogP contribution >= 0.6 is 35.0 Å². The van der Waals surface area contributed by atoms with E-state index in [1.54, 1.807) is 6.07 Å². The number of nitro benzene ring substituents is 1. The summed E-state index contributed by atoms with van der Waals surface area (Å²) in [4.78, 5) is 9.91. The molecule has 1 rings (SSSR count). The van der Waals surface area contributed by atoms with Crippen LogP contribution < -0.4 is 5.73 Å². The zero-order chi connectivity index (χ0) is 10.0. The summed E-state index contributed by atoms with van der Waals surface area (Å²) in [5, 5.41) is 17.5. The smallest absolute Gasteiger partial charge is 0.271 e. The average Bonchev–Trinajstić information content (AvgIpc) is 2.03. The van der Waals surface area contributed by atoms with E-state index >= 15 is 0 Å². The van der Waals surface area contributed by atoms with Crippen LogP contribution in [0.15, 0.2) is 18.2 Å². The maximum atomic E-state index is 10.4. The van der Waals surface area contributed by atoms with E-state index in [0.29, 0.717) is 9.13 Å². The molecule has 76 valence electrons. The summed E-state index contributed by atoms with van der Waals surface area (Å²) in [6, 6.07) is 4.33. The highest BCUT2D eigenvalue weighted by Crippen LogP contribution is 2.18. The first-order valence-corrected chi connectivity index (χ1v) is 4.38. The third kappa shape index (κ3) is 3.11. The molecular weight excluding hydrogens is 320 g/mol. The van der Waals surface area contributed by atoms with Gasteiger partial charge in [-0.25, -0.2) is 0 Å². The van der Waals surface area contributed by atoms with Crippen molar-refractivity contribution in [2.45, 2.75) is 0 Å². The Morgan fingerprint density at radius 3 is 2.50 bits per heavy atom. The highest BCUT2D eigenvalue weighted by atomic mass is 127. The van der Waals surface area contributed by atoms with Gasteiger partial charge in [-0.2, -0.15) is 0 Å². The maximum absolute atomic E-state index is 10.4. The Bertz CT molecular complexity index is 351. The number of benzene rings is 1. The van der Waals surface area contributed by atoms with Crippen molar-refractivity contribution in [1.82, 2.24) is 0 Å². The van der Waals surface area contributed by atoms with Crippen LogP contribution in [0.4, 0.5) is 5.69 Å². The van der Waals surface area contributed by atoms with Gasteiger partial charge >= 0.3 is 0 Å². The SMILES string of the molecule is Cl.N=C(N)c1cc(I)cc([N+](=O)[O-])c1. The fourth-order valence-electron chi connectivity index (χ4n) is 0.835. The lowest BCUT2D eigenvalue weighted by Crippen LogP contribution is -2.11. The molecule has 0 aliphatic rings. The second-order valence-electron chi connectivity index (χ2n) is 2.37. The third-order valence-corrected chi connectivity index (χ3v) is 2.03. The van der Waals surface area contributed by atoms with Crippen molar-refractivity contribution in [3.05, 3.63) is 37.4 Å². The van der Waals surface area contributed by atoms with Crippen LogP contribution in [0, 0.1) is 19.1 Å². The largest absolute Gasteiger partial charge is 0.384 e. The lowest BCUT2D eigenvalue weighted by molar-refractivity contribution is -0.385. The van der Waals surface area contributed by atoms with Crippen LogP contribution in [-0.4, -0.2) is 10.8 Å². The number of nitrogens with one attached hydrogen (secondary N) is 1. The first kappa shape index (κ1) is 13.1. The van der Waals surface area contributed by atoms with Crippen LogP contribution in [0.25, 0.3) is 0 Å². The molecule has 5 nitrogen and oxygen atoms in total. The van der Waals surface area contributed by atoms with Crippen molar-refractivity contribution in [3.8, 4) is 0 Å². The van der Waals surface area contributed by atoms with Gasteiger partial charge in [0.2, 0.25) is 0 Å². The molecule has 0 spiro atoms. The maximum Gasteiger partial charge on any atom is 0.271 e. The van der Waals surface area contributed by atoms with Crippen molar-refractivity contribution in [2.24, 2.45) is 5.73 Å². The highest BCUT2D eigenvalue weighted by Gasteiger charge is 2.09. The molecular formula is C7H7ClIN3O2. The van der Waals surface area contributed by atoms with Crippen molar-refractivity contribution in [1.29, 1.82) is 5.41 Å². The van der Waals surface area contributed by atoms with Gasteiger partial charge in [0.05, 0.1) is 4.92 Å². The van der Waals surface area contributed by atoms with Gasteiger partial charge in [0.1, 0.15) is 5.84 Å². The van der Waals surface area contributed by atoms with Crippen LogP contribution in [0.2, 0.25) is 0 Å². The van der Waals surface area contributed by atoms with E-state index in [2.05, 4.69) is 0 Å². The van der Waals surface area contributed by atoms with E-state index in [9.17, 15) is 10.1 Å². The predicted octanol–water partition coefficient (Wildman–Crippen LogP) is 1.91. The molecule has 0 atom stereocenters. The molecule has 0 bridgehead atoms. The number of nitrogen functional groups attached to an aromatic ring is 1. The van der Waals surface area contributed by atoms with Gasteiger partial charge in [-0.15, -0.1) is 12.4 Å². The van der Waals surface area contributed by atoms with E-state index in [0.717, 1.165) is 0 Å². The van der Waals surface area contributed by atoms with E-state index in [1.165, 1.54) is 12.1 Å². The minimum Gasteiger partial charge on any atom is -0.384 e. The number of nitrogens with zero attached hydrogens (tertiary/aromatic N) is 1. The third-order valence-electron chi connectivity index (χ3n) is 1.40. The molecule has 0 saturated heterocycles. The van der Waals surface area contributed by atoms with Crippen molar-refractivity contribution < 1.29 is 4.92 Å². The Morgan fingerprint density at radius 1 is 1.50 bits per heavy atom. The molecule has 7 heteroatoms. The van der Waals surface area contributed by atoms with Gasteiger partial charge in [-0.3, -0.25) is 15.5 Å². The molecule has 0 amide bonds. The van der Waals surface area contributed by atoms with E-state index in [-0.39, 0.29) is 23.9 Å². The van der Waals surface area contributed by atoms with Gasteiger partial charge in [-0.05, 0) is 28.7 Å². The molecule has 0 radical (unpaired) electrons. The highest BCUT2D eigenvalue weighted by molar-refractivity contribution is 14.1. The number of halogens is 2. The molecule has 14 heavy (non-hydrogen) atoms. The number of hydrogen-bond acceptors (Lipinski definition) is 3. The number of rotatable bonds is 2. The molecule has 3 N–H and O–H groups in total. The lowest BCUT2D eigenvalue weighted by atomic mass is 10.2. The molecule has 0 fully saturated rings. The first-order valence-electron chi connectivity index (χ1n) is 3.30. The molecule has 0 heterocycles. The van der Waals surface area contributed by atoms with E-state index in [4.69, 9.17) is 11.1 Å². The van der Waals surface area contributed by atoms with E-state index in [1.807, 2.05) is 22.6 Å². The zero-order valence-electron chi connectivity index (χ0n) is 6.86. The minimum absolute atomic E-state index is 0. The Balaban J connectivity index is 0.00000169. The number of amidine groups is 1. The predicted molar refractivity (Wildman–Crippen MR) is 64.1 cm³/mol. The quantitative estimate of drug-likeness (QED) is 0.286. The number of nitrogens with two attached hydrogens (primary N) is 1. The standard InChI is InChI=1S/C7H6IN3O2.ClH/c8-5-1-4(7(9)10)2-6(3-5)11(12)13;/h1-3H,(H3,9,10);1H. The van der Waals surface area contributed by atoms with Crippen LogP contribution in [-0.2, 0) is 0 Å². The van der Waals surface area contributed by atoms with Crippen LogP contribution in [0.1, 0.15) is 5.56 Å². The number of nitro groups is 1. The summed E-state index contributed by atoms with van der Waals surface area (Å²) in [6.07, 6.45) is 0. The van der Waals surface area contributed by atoms with Crippen LogP contribution in [0.3, 0.4) is 0 Å². The summed E-state index contributed by atoms with van der Waals surface area (Å²) < 4.78 is 0.692. The Morgan fingerprint density at radius 2 is 2.07 bits per heavy atom. The molecule has 0 saturated carbocycles. The molecule has 0 aliphatic carbocycles. The number of non-ortho nitro benzene ring substituents is 1. The molecule has 0 aromatic heterocycles. The summed E-state index contributed by atoms with van der Waals surface area (Å²) in [7, 11) is 0. The Kier molecular flexibility index (Phi) is 4.78. The van der Waals surface area contributed by atoms with E-state index < -0.39 is 4.92 Å². The zero-order valence-corrected chi connectivity index (χ0v) is 9.83. The van der Waals surface area contributed by atoms with Crippen molar-refractivity contribution in [3.63, 3.8) is 0 Å². The summed E-state index contributed by atoms with van der Waals surface area (Å²) in [6.45, 7) is 0. The first-order chi connectivity index (χ1) is 6.00. The summed E-state index contributed by atoms with van der Waals surface area (Å²) >= 11 is 1.94.